The van der Waals surface area contributed by atoms with Gasteiger partial charge in [0, 0.05) is 11.8 Å². The fourth-order valence-corrected chi connectivity index (χ4v) is 4.33. The number of imide groups is 1. The summed E-state index contributed by atoms with van der Waals surface area (Å²) in [5.41, 5.74) is 3.30. The van der Waals surface area contributed by atoms with Gasteiger partial charge in [0.15, 0.2) is 5.65 Å². The molecule has 8 nitrogen and oxygen atoms in total. The smallest absolute Gasteiger partial charge is 0.335 e. The number of hydrogen-bond acceptors (Lipinski definition) is 5. The number of pyridine rings is 1. The molecule has 2 aromatic heterocycles. The minimum absolute atomic E-state index is 0.140. The van der Waals surface area contributed by atoms with E-state index in [1.54, 1.807) is 41.1 Å². The number of para-hydroxylation sites is 1. The van der Waals surface area contributed by atoms with Crippen LogP contribution in [-0.2, 0) is 0 Å². The van der Waals surface area contributed by atoms with Crippen molar-refractivity contribution in [1.29, 1.82) is 0 Å². The van der Waals surface area contributed by atoms with Crippen molar-refractivity contribution >= 4 is 34.5 Å². The van der Waals surface area contributed by atoms with Gasteiger partial charge in [0.2, 0.25) is 0 Å². The van der Waals surface area contributed by atoms with Crippen LogP contribution >= 0.6 is 0 Å². The van der Waals surface area contributed by atoms with Gasteiger partial charge < -0.3 is 5.11 Å². The highest BCUT2D eigenvalue weighted by molar-refractivity contribution is 6.38. The summed E-state index contributed by atoms with van der Waals surface area (Å²) >= 11 is 0. The van der Waals surface area contributed by atoms with E-state index in [1.165, 1.54) is 18.3 Å². The Labute approximate surface area is 198 Å². The number of carboxylic acid groups (broad SMARTS) is 1. The van der Waals surface area contributed by atoms with E-state index in [-0.39, 0.29) is 16.7 Å². The van der Waals surface area contributed by atoms with Crippen molar-refractivity contribution in [2.75, 3.05) is 4.90 Å². The number of hydrogen-bond donors (Lipinski definition) is 1. The molecule has 0 spiro atoms. The first-order valence-corrected chi connectivity index (χ1v) is 10.8. The van der Waals surface area contributed by atoms with E-state index >= 15 is 0 Å². The van der Waals surface area contributed by atoms with Crippen LogP contribution in [0.3, 0.4) is 0 Å². The molecule has 3 heterocycles. The molecule has 3 aromatic carbocycles. The Morgan fingerprint density at radius 1 is 0.771 bits per heavy atom. The first kappa shape index (κ1) is 20.5. The lowest BCUT2D eigenvalue weighted by atomic mass is 10.0. The number of benzene rings is 3. The lowest BCUT2D eigenvalue weighted by Crippen LogP contribution is -2.29. The largest absolute Gasteiger partial charge is 0.478 e. The van der Waals surface area contributed by atoms with E-state index in [0.717, 1.165) is 10.5 Å². The zero-order valence-electron chi connectivity index (χ0n) is 18.1. The van der Waals surface area contributed by atoms with Gasteiger partial charge in [0.25, 0.3) is 11.8 Å². The normalized spacial score (nSPS) is 12.9. The molecule has 168 valence electrons. The summed E-state index contributed by atoms with van der Waals surface area (Å²) in [5.74, 6) is -1.92. The number of carbonyl (C=O) groups is 3. The third kappa shape index (κ3) is 3.12. The zero-order chi connectivity index (χ0) is 24.1. The molecule has 0 unspecified atom stereocenters. The topological polar surface area (TPSA) is 105 Å². The van der Waals surface area contributed by atoms with Crippen molar-refractivity contribution in [2.24, 2.45) is 0 Å². The second-order valence-corrected chi connectivity index (χ2v) is 8.01. The highest BCUT2D eigenvalue weighted by atomic mass is 16.4. The maximum absolute atomic E-state index is 13.6. The molecule has 0 fully saturated rings. The van der Waals surface area contributed by atoms with Crippen molar-refractivity contribution in [3.63, 3.8) is 0 Å². The summed E-state index contributed by atoms with van der Waals surface area (Å²) in [7, 11) is 0. The molecule has 8 heteroatoms. The van der Waals surface area contributed by atoms with Gasteiger partial charge in [0.05, 0.1) is 33.5 Å². The van der Waals surface area contributed by atoms with Crippen LogP contribution in [-0.4, -0.2) is 37.7 Å². The summed E-state index contributed by atoms with van der Waals surface area (Å²) in [6, 6.07) is 24.3. The lowest BCUT2D eigenvalue weighted by Gasteiger charge is -2.13. The second kappa shape index (κ2) is 7.74. The second-order valence-electron chi connectivity index (χ2n) is 8.01. The van der Waals surface area contributed by atoms with Gasteiger partial charge in [-0.15, -0.1) is 0 Å². The van der Waals surface area contributed by atoms with Gasteiger partial charge in [0.1, 0.15) is 5.69 Å². The van der Waals surface area contributed by atoms with Gasteiger partial charge in [-0.1, -0.05) is 48.5 Å². The molecule has 0 saturated carbocycles. The summed E-state index contributed by atoms with van der Waals surface area (Å²) in [6.45, 7) is 0. The van der Waals surface area contributed by atoms with Crippen molar-refractivity contribution in [3.05, 3.63) is 108 Å². The predicted molar refractivity (Wildman–Crippen MR) is 129 cm³/mol. The number of fused-ring (bicyclic) bond motifs is 3. The Morgan fingerprint density at radius 3 is 2.09 bits per heavy atom. The molecule has 1 aliphatic heterocycles. The molecule has 35 heavy (non-hydrogen) atoms. The molecular weight excluding hydrogens is 444 g/mol. The van der Waals surface area contributed by atoms with E-state index in [1.807, 2.05) is 36.4 Å². The number of aromatic nitrogens is 3. The molecule has 1 aliphatic rings. The van der Waals surface area contributed by atoms with Crippen molar-refractivity contribution in [1.82, 2.24) is 14.8 Å². The SMILES string of the molecule is O=C(O)c1ccc(-n2nc(-c3ccccc3)c3c4c(cnc32)C(=O)N(c2ccccc2)C4=O)cc1. The molecule has 2 amide bonds. The fraction of sp³-hybridized carbons (Fsp3) is 0. The number of anilines is 1. The summed E-state index contributed by atoms with van der Waals surface area (Å²) in [6.07, 6.45) is 1.40. The molecular formula is C27H16N4O4. The fourth-order valence-electron chi connectivity index (χ4n) is 4.33. The Bertz CT molecular complexity index is 1640. The van der Waals surface area contributed by atoms with Crippen LogP contribution in [0, 0.1) is 0 Å². The molecule has 5 aromatic rings. The first-order valence-electron chi connectivity index (χ1n) is 10.8. The zero-order valence-corrected chi connectivity index (χ0v) is 18.1. The van der Waals surface area contributed by atoms with Gasteiger partial charge in [-0.2, -0.15) is 5.10 Å². The molecule has 0 saturated heterocycles. The van der Waals surface area contributed by atoms with E-state index < -0.39 is 17.8 Å². The van der Waals surface area contributed by atoms with Crippen molar-refractivity contribution in [2.45, 2.75) is 0 Å². The molecule has 0 atom stereocenters. The summed E-state index contributed by atoms with van der Waals surface area (Å²) in [5, 5.41) is 14.5. The summed E-state index contributed by atoms with van der Waals surface area (Å²) in [4.78, 5) is 43.9. The van der Waals surface area contributed by atoms with E-state index in [4.69, 9.17) is 5.10 Å². The third-order valence-corrected chi connectivity index (χ3v) is 5.97. The average Bonchev–Trinajstić information content (AvgIpc) is 3.40. The maximum atomic E-state index is 13.6. The van der Waals surface area contributed by atoms with Gasteiger partial charge >= 0.3 is 5.97 Å². The number of carboxylic acids is 1. The minimum Gasteiger partial charge on any atom is -0.478 e. The van der Waals surface area contributed by atoms with Crippen LogP contribution in [0.4, 0.5) is 5.69 Å². The Kier molecular flexibility index (Phi) is 4.53. The van der Waals surface area contributed by atoms with Crippen molar-refractivity contribution < 1.29 is 19.5 Å². The molecule has 0 bridgehead atoms. The van der Waals surface area contributed by atoms with Crippen LogP contribution in [0.5, 0.6) is 0 Å². The highest BCUT2D eigenvalue weighted by Gasteiger charge is 2.40. The third-order valence-electron chi connectivity index (χ3n) is 5.97. The highest BCUT2D eigenvalue weighted by Crippen LogP contribution is 2.38. The Morgan fingerprint density at radius 2 is 1.43 bits per heavy atom. The number of aromatic carboxylic acids is 1. The van der Waals surface area contributed by atoms with Crippen LogP contribution in [0.1, 0.15) is 31.1 Å². The Hall–Kier alpha value is -5.11. The first-order chi connectivity index (χ1) is 17.0. The molecule has 0 radical (unpaired) electrons. The quantitative estimate of drug-likeness (QED) is 0.394. The van der Waals surface area contributed by atoms with Gasteiger partial charge in [-0.05, 0) is 36.4 Å². The number of rotatable bonds is 4. The number of amides is 2. The minimum atomic E-state index is -1.03. The van der Waals surface area contributed by atoms with Crippen LogP contribution in [0.2, 0.25) is 0 Å². The number of nitrogens with zero attached hydrogens (tertiary/aromatic N) is 4. The average molecular weight is 460 g/mol. The van der Waals surface area contributed by atoms with Gasteiger partial charge in [-0.3, -0.25) is 9.59 Å². The molecule has 1 N–H and O–H groups in total. The van der Waals surface area contributed by atoms with E-state index in [9.17, 15) is 19.5 Å². The molecule has 6 rings (SSSR count). The van der Waals surface area contributed by atoms with E-state index in [2.05, 4.69) is 4.98 Å². The van der Waals surface area contributed by atoms with E-state index in [0.29, 0.717) is 28.1 Å². The Balaban J connectivity index is 1.62. The van der Waals surface area contributed by atoms with Crippen molar-refractivity contribution in [3.8, 4) is 16.9 Å². The standard InChI is InChI=1S/C27H16N4O4/c32-25-20-15-28-24-22(21(20)26(33)30(25)18-9-5-2-6-10-18)23(16-7-3-1-4-8-16)29-31(24)19-13-11-17(12-14-19)27(34)35/h1-15H,(H,34,35). The maximum Gasteiger partial charge on any atom is 0.335 e. The molecule has 0 aliphatic carbocycles. The van der Waals surface area contributed by atoms with Crippen LogP contribution in [0.25, 0.3) is 28.0 Å². The van der Waals surface area contributed by atoms with Crippen LogP contribution < -0.4 is 4.90 Å². The number of carbonyl (C=O) groups excluding carboxylic acids is 2. The lowest BCUT2D eigenvalue weighted by molar-refractivity contribution is 0.0696. The monoisotopic (exact) mass is 460 g/mol. The van der Waals surface area contributed by atoms with Crippen LogP contribution in [0.15, 0.2) is 91.1 Å². The predicted octanol–water partition coefficient (Wildman–Crippen LogP) is 4.59. The summed E-state index contributed by atoms with van der Waals surface area (Å²) < 4.78 is 1.56. The van der Waals surface area contributed by atoms with Gasteiger partial charge in [-0.25, -0.2) is 19.4 Å².